The Balaban J connectivity index is 1.34. The van der Waals surface area contributed by atoms with E-state index < -0.39 is 9.84 Å². The molecule has 3 heterocycles. The standard InChI is InChI=1S/C24H17N3O4S/c28-24(20-13-18-10-12-25-15-21(18)31-20)27-14-16-6-8-19(9-7-16)32(29,30)22-5-1-3-17-4-2-11-26-23(17)22/h1-13,15H,14H2,(H,27,28). The third-order valence-corrected chi connectivity index (χ3v) is 6.92. The minimum atomic E-state index is -3.74. The fourth-order valence-electron chi connectivity index (χ4n) is 3.47. The number of carbonyl (C=O) groups excluding carboxylic acids is 1. The van der Waals surface area contributed by atoms with Gasteiger partial charge in [0, 0.05) is 29.7 Å². The van der Waals surface area contributed by atoms with Crippen molar-refractivity contribution in [1.29, 1.82) is 0 Å². The highest BCUT2D eigenvalue weighted by atomic mass is 32.2. The third-order valence-electron chi connectivity index (χ3n) is 5.12. The molecule has 0 bridgehead atoms. The van der Waals surface area contributed by atoms with Crippen molar-refractivity contribution in [3.05, 3.63) is 96.6 Å². The number of amides is 1. The van der Waals surface area contributed by atoms with Crippen LogP contribution in [0.15, 0.2) is 99.5 Å². The lowest BCUT2D eigenvalue weighted by Crippen LogP contribution is -2.22. The zero-order valence-electron chi connectivity index (χ0n) is 16.7. The predicted molar refractivity (Wildman–Crippen MR) is 119 cm³/mol. The lowest BCUT2D eigenvalue weighted by molar-refractivity contribution is 0.0925. The van der Waals surface area contributed by atoms with E-state index in [-0.39, 0.29) is 28.0 Å². The molecule has 7 nitrogen and oxygen atoms in total. The summed E-state index contributed by atoms with van der Waals surface area (Å²) in [4.78, 5) is 20.9. The fraction of sp³-hybridized carbons (Fsp3) is 0.0417. The molecule has 32 heavy (non-hydrogen) atoms. The van der Waals surface area contributed by atoms with Crippen molar-refractivity contribution < 1.29 is 17.6 Å². The average molecular weight is 443 g/mol. The number of aromatic nitrogens is 2. The van der Waals surface area contributed by atoms with Crippen molar-refractivity contribution in [2.75, 3.05) is 0 Å². The number of sulfone groups is 1. The van der Waals surface area contributed by atoms with E-state index in [9.17, 15) is 13.2 Å². The second kappa shape index (κ2) is 7.90. The molecule has 5 aromatic rings. The maximum Gasteiger partial charge on any atom is 0.287 e. The van der Waals surface area contributed by atoms with Crippen LogP contribution in [0.4, 0.5) is 0 Å². The number of pyridine rings is 2. The van der Waals surface area contributed by atoms with Crippen molar-refractivity contribution in [2.45, 2.75) is 16.3 Å². The summed E-state index contributed by atoms with van der Waals surface area (Å²) in [6, 6.07) is 18.5. The van der Waals surface area contributed by atoms with Gasteiger partial charge in [0.15, 0.2) is 11.3 Å². The van der Waals surface area contributed by atoms with Gasteiger partial charge < -0.3 is 9.73 Å². The third kappa shape index (κ3) is 3.61. The van der Waals surface area contributed by atoms with E-state index in [2.05, 4.69) is 15.3 Å². The summed E-state index contributed by atoms with van der Waals surface area (Å²) >= 11 is 0. The summed E-state index contributed by atoms with van der Waals surface area (Å²) in [5.74, 6) is -0.171. The normalized spacial score (nSPS) is 11.6. The Hall–Kier alpha value is -4.04. The van der Waals surface area contributed by atoms with Crippen LogP contribution in [-0.4, -0.2) is 24.3 Å². The van der Waals surface area contributed by atoms with Gasteiger partial charge in [-0.3, -0.25) is 14.8 Å². The molecule has 0 unspecified atom stereocenters. The Morgan fingerprint density at radius 3 is 2.56 bits per heavy atom. The first-order chi connectivity index (χ1) is 15.5. The maximum absolute atomic E-state index is 13.2. The number of nitrogens with one attached hydrogen (secondary N) is 1. The zero-order valence-corrected chi connectivity index (χ0v) is 17.5. The number of para-hydroxylation sites is 1. The highest BCUT2D eigenvalue weighted by molar-refractivity contribution is 7.91. The first-order valence-electron chi connectivity index (χ1n) is 9.82. The average Bonchev–Trinajstić information content (AvgIpc) is 3.27. The molecule has 1 N–H and O–H groups in total. The summed E-state index contributed by atoms with van der Waals surface area (Å²) in [7, 11) is -3.74. The molecule has 0 aliphatic heterocycles. The number of rotatable bonds is 5. The quantitative estimate of drug-likeness (QED) is 0.438. The fourth-order valence-corrected chi connectivity index (χ4v) is 4.90. The summed E-state index contributed by atoms with van der Waals surface area (Å²) < 4.78 is 31.8. The number of hydrogen-bond acceptors (Lipinski definition) is 6. The Labute approximate surface area is 183 Å². The summed E-state index contributed by atoms with van der Waals surface area (Å²) in [5, 5.41) is 4.33. The minimum Gasteiger partial charge on any atom is -0.449 e. The highest BCUT2D eigenvalue weighted by Crippen LogP contribution is 2.27. The Morgan fingerprint density at radius 2 is 1.75 bits per heavy atom. The van der Waals surface area contributed by atoms with Crippen LogP contribution in [0.5, 0.6) is 0 Å². The number of furan rings is 1. The van der Waals surface area contributed by atoms with Gasteiger partial charge in [0.25, 0.3) is 5.91 Å². The van der Waals surface area contributed by atoms with Gasteiger partial charge in [-0.25, -0.2) is 8.42 Å². The van der Waals surface area contributed by atoms with E-state index in [0.29, 0.717) is 11.1 Å². The Kier molecular flexibility index (Phi) is 4.91. The van der Waals surface area contributed by atoms with Crippen LogP contribution in [-0.2, 0) is 16.4 Å². The molecule has 158 valence electrons. The zero-order chi connectivity index (χ0) is 22.1. The van der Waals surface area contributed by atoms with Gasteiger partial charge in [-0.15, -0.1) is 0 Å². The first kappa shape index (κ1) is 19.9. The SMILES string of the molecule is O=C(NCc1ccc(S(=O)(=O)c2cccc3cccnc23)cc1)c1cc2ccncc2o1. The van der Waals surface area contributed by atoms with Crippen molar-refractivity contribution in [3.63, 3.8) is 0 Å². The van der Waals surface area contributed by atoms with Gasteiger partial charge in [-0.2, -0.15) is 0 Å². The van der Waals surface area contributed by atoms with E-state index in [4.69, 9.17) is 4.42 Å². The van der Waals surface area contributed by atoms with E-state index >= 15 is 0 Å². The molecule has 0 saturated carbocycles. The molecule has 0 fully saturated rings. The molecular weight excluding hydrogens is 426 g/mol. The monoisotopic (exact) mass is 443 g/mol. The van der Waals surface area contributed by atoms with Gasteiger partial charge in [-0.1, -0.05) is 30.3 Å². The largest absolute Gasteiger partial charge is 0.449 e. The van der Waals surface area contributed by atoms with Crippen molar-refractivity contribution in [2.24, 2.45) is 0 Å². The van der Waals surface area contributed by atoms with Crippen molar-refractivity contribution >= 4 is 37.6 Å². The topological polar surface area (TPSA) is 102 Å². The van der Waals surface area contributed by atoms with Crippen LogP contribution >= 0.6 is 0 Å². The van der Waals surface area contributed by atoms with Crippen LogP contribution in [0.25, 0.3) is 21.9 Å². The van der Waals surface area contributed by atoms with E-state index in [1.54, 1.807) is 61.1 Å². The first-order valence-corrected chi connectivity index (χ1v) is 11.3. The molecule has 2 aromatic carbocycles. The second-order valence-corrected chi connectivity index (χ2v) is 9.10. The number of nitrogens with zero attached hydrogens (tertiary/aromatic N) is 2. The summed E-state index contributed by atoms with van der Waals surface area (Å²) in [6.07, 6.45) is 4.76. The van der Waals surface area contributed by atoms with Crippen LogP contribution in [0, 0.1) is 0 Å². The molecule has 0 saturated heterocycles. The van der Waals surface area contributed by atoms with E-state index in [1.165, 1.54) is 12.1 Å². The summed E-state index contributed by atoms with van der Waals surface area (Å²) in [6.45, 7) is 0.226. The van der Waals surface area contributed by atoms with Crippen LogP contribution in [0.3, 0.4) is 0 Å². The van der Waals surface area contributed by atoms with Crippen LogP contribution in [0.1, 0.15) is 16.1 Å². The van der Waals surface area contributed by atoms with Crippen molar-refractivity contribution in [3.8, 4) is 0 Å². The predicted octanol–water partition coefficient (Wildman–Crippen LogP) is 4.14. The van der Waals surface area contributed by atoms with Gasteiger partial charge >= 0.3 is 0 Å². The Morgan fingerprint density at radius 1 is 0.938 bits per heavy atom. The molecule has 0 atom stereocenters. The number of hydrogen-bond donors (Lipinski definition) is 1. The van der Waals surface area contributed by atoms with Crippen LogP contribution in [0.2, 0.25) is 0 Å². The molecule has 5 rings (SSSR count). The van der Waals surface area contributed by atoms with E-state index in [0.717, 1.165) is 16.3 Å². The number of fused-ring (bicyclic) bond motifs is 2. The second-order valence-electron chi connectivity index (χ2n) is 7.19. The molecule has 8 heteroatoms. The van der Waals surface area contributed by atoms with Gasteiger partial charge in [0.2, 0.25) is 9.84 Å². The van der Waals surface area contributed by atoms with Gasteiger partial charge in [0.1, 0.15) is 0 Å². The Bertz CT molecular complexity index is 1520. The highest BCUT2D eigenvalue weighted by Gasteiger charge is 2.21. The lowest BCUT2D eigenvalue weighted by atomic mass is 10.2. The van der Waals surface area contributed by atoms with Gasteiger partial charge in [-0.05, 0) is 42.0 Å². The molecular formula is C24H17N3O4S. The van der Waals surface area contributed by atoms with Crippen LogP contribution < -0.4 is 5.32 Å². The van der Waals surface area contributed by atoms with E-state index in [1.807, 2.05) is 12.1 Å². The summed E-state index contributed by atoms with van der Waals surface area (Å²) in [5.41, 5.74) is 1.73. The maximum atomic E-state index is 13.2. The molecule has 1 amide bonds. The molecule has 3 aromatic heterocycles. The smallest absolute Gasteiger partial charge is 0.287 e. The van der Waals surface area contributed by atoms with Crippen molar-refractivity contribution in [1.82, 2.24) is 15.3 Å². The molecule has 0 aliphatic rings. The van der Waals surface area contributed by atoms with Gasteiger partial charge in [0.05, 0.1) is 21.5 Å². The molecule has 0 aliphatic carbocycles. The lowest BCUT2D eigenvalue weighted by Gasteiger charge is -2.09. The number of benzene rings is 2. The minimum absolute atomic E-state index is 0.163. The molecule has 0 spiro atoms. The number of carbonyl (C=O) groups is 1. The molecule has 0 radical (unpaired) electrons.